The van der Waals surface area contributed by atoms with Gasteiger partial charge in [0.25, 0.3) is 0 Å². The molecule has 2 heterocycles. The summed E-state index contributed by atoms with van der Waals surface area (Å²) < 4.78 is 32.6. The second-order valence-electron chi connectivity index (χ2n) is 5.80. The van der Waals surface area contributed by atoms with Gasteiger partial charge in [-0.1, -0.05) is 0 Å². The molecule has 0 amide bonds. The molecule has 0 bridgehead atoms. The lowest BCUT2D eigenvalue weighted by atomic mass is 9.95. The second-order valence-corrected chi connectivity index (χ2v) is 7.69. The van der Waals surface area contributed by atoms with E-state index in [0.29, 0.717) is 35.6 Å². The van der Waals surface area contributed by atoms with Crippen LogP contribution in [0.3, 0.4) is 0 Å². The number of hydrogen-bond acceptors (Lipinski definition) is 4. The van der Waals surface area contributed by atoms with Gasteiger partial charge in [-0.05, 0) is 63.0 Å². The molecule has 2 aliphatic rings. The zero-order valence-electron chi connectivity index (χ0n) is 12.5. The Morgan fingerprint density at radius 3 is 2.62 bits per heavy atom. The fraction of sp³-hybridized carbons (Fsp3) is 0.600. The third-order valence-corrected chi connectivity index (χ3v) is 6.59. The molecule has 3 unspecified atom stereocenters. The lowest BCUT2D eigenvalue weighted by molar-refractivity contribution is 0.340. The van der Waals surface area contributed by atoms with Gasteiger partial charge in [-0.25, -0.2) is 8.42 Å². The highest BCUT2D eigenvalue weighted by Crippen LogP contribution is 2.36. The molecule has 2 fully saturated rings. The molecule has 3 rings (SSSR count). The molecule has 21 heavy (non-hydrogen) atoms. The molecule has 0 aliphatic carbocycles. The number of rotatable bonds is 4. The van der Waals surface area contributed by atoms with Crippen molar-refractivity contribution in [2.24, 2.45) is 11.8 Å². The van der Waals surface area contributed by atoms with E-state index >= 15 is 0 Å². The van der Waals surface area contributed by atoms with Crippen molar-refractivity contribution in [3.63, 3.8) is 0 Å². The van der Waals surface area contributed by atoms with Gasteiger partial charge in [-0.3, -0.25) is 0 Å². The molecule has 2 aliphatic heterocycles. The number of hydrogen-bond donors (Lipinski definition) is 1. The third-order valence-electron chi connectivity index (χ3n) is 4.62. The molecule has 6 heteroatoms. The molecule has 5 nitrogen and oxygen atoms in total. The van der Waals surface area contributed by atoms with E-state index in [1.165, 1.54) is 0 Å². The van der Waals surface area contributed by atoms with Crippen LogP contribution in [-0.4, -0.2) is 45.0 Å². The monoisotopic (exact) mass is 310 g/mol. The standard InChI is InChI=1S/C15H22N2O3S/c1-3-20-13-4-6-14(7-5-13)21(18,19)17-10-12-8-16-9-15(12)11(17)2/h4-7,11-12,15-16H,3,8-10H2,1-2H3. The Balaban J connectivity index is 1.83. The van der Waals surface area contributed by atoms with Crippen LogP contribution in [-0.2, 0) is 10.0 Å². The van der Waals surface area contributed by atoms with Crippen molar-refractivity contribution in [2.45, 2.75) is 24.8 Å². The van der Waals surface area contributed by atoms with Gasteiger partial charge < -0.3 is 10.1 Å². The first-order valence-corrected chi connectivity index (χ1v) is 8.93. The summed E-state index contributed by atoms with van der Waals surface area (Å²) in [6, 6.07) is 6.78. The molecular weight excluding hydrogens is 288 g/mol. The predicted octanol–water partition coefficient (Wildman–Crippen LogP) is 1.31. The van der Waals surface area contributed by atoms with Gasteiger partial charge in [0, 0.05) is 12.6 Å². The fourth-order valence-electron chi connectivity index (χ4n) is 3.46. The molecule has 0 spiro atoms. The predicted molar refractivity (Wildman–Crippen MR) is 80.8 cm³/mol. The summed E-state index contributed by atoms with van der Waals surface area (Å²) in [6.45, 7) is 6.96. The van der Waals surface area contributed by atoms with Gasteiger partial charge in [-0.15, -0.1) is 0 Å². The average molecular weight is 310 g/mol. The van der Waals surface area contributed by atoms with E-state index in [2.05, 4.69) is 5.32 Å². The number of ether oxygens (including phenoxy) is 1. The van der Waals surface area contributed by atoms with Crippen LogP contribution in [0.2, 0.25) is 0 Å². The van der Waals surface area contributed by atoms with E-state index < -0.39 is 10.0 Å². The van der Waals surface area contributed by atoms with Crippen LogP contribution in [0, 0.1) is 11.8 Å². The van der Waals surface area contributed by atoms with E-state index in [1.807, 2.05) is 13.8 Å². The van der Waals surface area contributed by atoms with E-state index in [-0.39, 0.29) is 6.04 Å². The van der Waals surface area contributed by atoms with Crippen molar-refractivity contribution in [1.29, 1.82) is 0 Å². The summed E-state index contributed by atoms with van der Waals surface area (Å²) in [5, 5.41) is 3.35. The van der Waals surface area contributed by atoms with Gasteiger partial charge in [0.1, 0.15) is 5.75 Å². The van der Waals surface area contributed by atoms with E-state index in [4.69, 9.17) is 4.74 Å². The highest BCUT2D eigenvalue weighted by Gasteiger charge is 2.46. The SMILES string of the molecule is CCOc1ccc(S(=O)(=O)N2CC3CNCC3C2C)cc1. The highest BCUT2D eigenvalue weighted by molar-refractivity contribution is 7.89. The quantitative estimate of drug-likeness (QED) is 0.911. The number of benzene rings is 1. The lowest BCUT2D eigenvalue weighted by Gasteiger charge is -2.24. The normalized spacial score (nSPS) is 29.5. The first kappa shape index (κ1) is 14.8. The van der Waals surface area contributed by atoms with Crippen molar-refractivity contribution in [2.75, 3.05) is 26.2 Å². The summed E-state index contributed by atoms with van der Waals surface area (Å²) in [4.78, 5) is 0.353. The van der Waals surface area contributed by atoms with Gasteiger partial charge in [0.05, 0.1) is 11.5 Å². The summed E-state index contributed by atoms with van der Waals surface area (Å²) in [5.41, 5.74) is 0. The maximum Gasteiger partial charge on any atom is 0.243 e. The highest BCUT2D eigenvalue weighted by atomic mass is 32.2. The molecule has 0 saturated carbocycles. The van der Waals surface area contributed by atoms with Crippen LogP contribution in [0.1, 0.15) is 13.8 Å². The van der Waals surface area contributed by atoms with Gasteiger partial charge >= 0.3 is 0 Å². The summed E-state index contributed by atoms with van der Waals surface area (Å²) >= 11 is 0. The minimum Gasteiger partial charge on any atom is -0.494 e. The van der Waals surface area contributed by atoms with Gasteiger partial charge in [0.2, 0.25) is 10.0 Å². The van der Waals surface area contributed by atoms with Crippen molar-refractivity contribution in [1.82, 2.24) is 9.62 Å². The summed E-state index contributed by atoms with van der Waals surface area (Å²) in [7, 11) is -3.41. The second kappa shape index (κ2) is 5.59. The van der Waals surface area contributed by atoms with Gasteiger partial charge in [-0.2, -0.15) is 4.31 Å². The number of nitrogens with zero attached hydrogens (tertiary/aromatic N) is 1. The number of fused-ring (bicyclic) bond motifs is 1. The zero-order chi connectivity index (χ0) is 15.0. The first-order valence-electron chi connectivity index (χ1n) is 7.49. The van der Waals surface area contributed by atoms with Crippen molar-refractivity contribution in [3.8, 4) is 5.75 Å². The lowest BCUT2D eigenvalue weighted by Crippen LogP contribution is -2.38. The zero-order valence-corrected chi connectivity index (χ0v) is 13.3. The average Bonchev–Trinajstić information content (AvgIpc) is 3.03. The Kier molecular flexibility index (Phi) is 3.94. The van der Waals surface area contributed by atoms with E-state index in [1.54, 1.807) is 28.6 Å². The van der Waals surface area contributed by atoms with Crippen LogP contribution in [0.5, 0.6) is 5.75 Å². The molecule has 0 radical (unpaired) electrons. The van der Waals surface area contributed by atoms with E-state index in [9.17, 15) is 8.42 Å². The first-order chi connectivity index (χ1) is 10.0. The maximum atomic E-state index is 12.8. The molecule has 1 N–H and O–H groups in total. The van der Waals surface area contributed by atoms with E-state index in [0.717, 1.165) is 13.1 Å². The number of nitrogens with one attached hydrogen (secondary N) is 1. The van der Waals surface area contributed by atoms with Crippen LogP contribution < -0.4 is 10.1 Å². The van der Waals surface area contributed by atoms with Crippen LogP contribution in [0.15, 0.2) is 29.2 Å². The molecule has 0 aromatic heterocycles. The topological polar surface area (TPSA) is 58.6 Å². The Labute approximate surface area is 126 Å². The third kappa shape index (κ3) is 2.56. The van der Waals surface area contributed by atoms with Crippen LogP contribution >= 0.6 is 0 Å². The maximum absolute atomic E-state index is 12.8. The fourth-order valence-corrected chi connectivity index (χ4v) is 5.19. The summed E-state index contributed by atoms with van der Waals surface area (Å²) in [6.07, 6.45) is 0. The van der Waals surface area contributed by atoms with Crippen molar-refractivity contribution in [3.05, 3.63) is 24.3 Å². The minimum atomic E-state index is -3.41. The molecule has 3 atom stereocenters. The molecule has 1 aromatic carbocycles. The number of sulfonamides is 1. The Morgan fingerprint density at radius 1 is 1.29 bits per heavy atom. The Morgan fingerprint density at radius 2 is 2.00 bits per heavy atom. The van der Waals surface area contributed by atoms with Crippen molar-refractivity contribution < 1.29 is 13.2 Å². The van der Waals surface area contributed by atoms with Gasteiger partial charge in [0.15, 0.2) is 0 Å². The Hall–Kier alpha value is -1.11. The largest absolute Gasteiger partial charge is 0.494 e. The molecular formula is C15H22N2O3S. The molecule has 2 saturated heterocycles. The van der Waals surface area contributed by atoms with Crippen LogP contribution in [0.4, 0.5) is 0 Å². The molecule has 116 valence electrons. The molecule has 1 aromatic rings. The van der Waals surface area contributed by atoms with Crippen LogP contribution in [0.25, 0.3) is 0 Å². The smallest absolute Gasteiger partial charge is 0.243 e. The summed E-state index contributed by atoms with van der Waals surface area (Å²) in [5.74, 6) is 1.58. The minimum absolute atomic E-state index is 0.0570. The van der Waals surface area contributed by atoms with Crippen molar-refractivity contribution >= 4 is 10.0 Å². The Bertz CT molecular complexity index is 600.